The van der Waals surface area contributed by atoms with Crippen LogP contribution < -0.4 is 4.90 Å². The molecule has 1 aliphatic rings. The lowest BCUT2D eigenvalue weighted by molar-refractivity contribution is -0.125. The molecular weight excluding hydrogens is 306 g/mol. The van der Waals surface area contributed by atoms with E-state index in [4.69, 9.17) is 16.3 Å². The Kier molecular flexibility index (Phi) is 4.60. The van der Waals surface area contributed by atoms with E-state index in [9.17, 15) is 9.59 Å². The number of anilines is 1. The Morgan fingerprint density at radius 2 is 2.05 bits per heavy atom. The van der Waals surface area contributed by atoms with Gasteiger partial charge in [0, 0.05) is 13.1 Å². The molecule has 1 aromatic heterocycles. The van der Waals surface area contributed by atoms with Crippen molar-refractivity contribution >= 4 is 29.3 Å². The van der Waals surface area contributed by atoms with Crippen molar-refractivity contribution in [1.29, 1.82) is 0 Å². The van der Waals surface area contributed by atoms with Gasteiger partial charge in [0.1, 0.15) is 16.8 Å². The molecule has 0 bridgehead atoms. The molecule has 0 radical (unpaired) electrons. The summed E-state index contributed by atoms with van der Waals surface area (Å²) in [6.45, 7) is 7.89. The Hall–Kier alpha value is -1.82. The number of hydrogen-bond acceptors (Lipinski definition) is 4. The highest BCUT2D eigenvalue weighted by Crippen LogP contribution is 2.22. The quantitative estimate of drug-likeness (QED) is 0.745. The number of aromatic nitrogens is 1. The zero-order chi connectivity index (χ0) is 16.5. The minimum absolute atomic E-state index is 0.166. The second kappa shape index (κ2) is 6.12. The van der Waals surface area contributed by atoms with E-state index in [1.807, 2.05) is 0 Å². The second-order valence-corrected chi connectivity index (χ2v) is 6.57. The van der Waals surface area contributed by atoms with Gasteiger partial charge < -0.3 is 9.64 Å². The maximum absolute atomic E-state index is 12.5. The average Bonchev–Trinajstić information content (AvgIpc) is 2.41. The first-order valence-corrected chi connectivity index (χ1v) is 7.49. The molecule has 22 heavy (non-hydrogen) atoms. The van der Waals surface area contributed by atoms with Crippen molar-refractivity contribution in [2.24, 2.45) is 0 Å². The molecular formula is C15H20ClN3O3. The van der Waals surface area contributed by atoms with E-state index in [0.29, 0.717) is 23.9 Å². The van der Waals surface area contributed by atoms with E-state index in [-0.39, 0.29) is 5.91 Å². The molecule has 7 heteroatoms. The number of nitrogens with zero attached hydrogens (tertiary/aromatic N) is 3. The van der Waals surface area contributed by atoms with Gasteiger partial charge in [0.25, 0.3) is 0 Å². The maximum Gasteiger partial charge on any atom is 0.411 e. The van der Waals surface area contributed by atoms with Gasteiger partial charge in [-0.05, 0) is 39.8 Å². The number of amides is 2. The summed E-state index contributed by atoms with van der Waals surface area (Å²) in [6, 6.07) is 2.79. The Morgan fingerprint density at radius 1 is 1.36 bits per heavy atom. The van der Waals surface area contributed by atoms with Gasteiger partial charge in [0.2, 0.25) is 5.91 Å². The first-order chi connectivity index (χ1) is 10.2. The van der Waals surface area contributed by atoms with Crippen molar-refractivity contribution in [2.75, 3.05) is 18.0 Å². The zero-order valence-electron chi connectivity index (χ0n) is 13.2. The average molecular weight is 326 g/mol. The van der Waals surface area contributed by atoms with Crippen LogP contribution in [0.5, 0.6) is 0 Å². The molecule has 0 aromatic carbocycles. The summed E-state index contributed by atoms with van der Waals surface area (Å²) in [6.07, 6.45) is 1.08. The van der Waals surface area contributed by atoms with E-state index < -0.39 is 17.7 Å². The van der Waals surface area contributed by atoms with Gasteiger partial charge >= 0.3 is 6.09 Å². The molecule has 1 fully saturated rings. The van der Waals surface area contributed by atoms with Gasteiger partial charge in [0.15, 0.2) is 0 Å². The molecule has 6 nitrogen and oxygen atoms in total. The minimum Gasteiger partial charge on any atom is -0.444 e. The SMILES string of the molecule is CC1C(=O)N(c2ccc(Cl)nc2)CCN1C(=O)OC(C)(C)C. The third-order valence-electron chi connectivity index (χ3n) is 3.31. The fraction of sp³-hybridized carbons (Fsp3) is 0.533. The van der Waals surface area contributed by atoms with Gasteiger partial charge in [-0.15, -0.1) is 0 Å². The van der Waals surface area contributed by atoms with Crippen molar-refractivity contribution in [3.05, 3.63) is 23.5 Å². The summed E-state index contributed by atoms with van der Waals surface area (Å²) in [5.74, 6) is -0.166. The third-order valence-corrected chi connectivity index (χ3v) is 3.53. The first-order valence-electron chi connectivity index (χ1n) is 7.11. The van der Waals surface area contributed by atoms with E-state index in [0.717, 1.165) is 0 Å². The van der Waals surface area contributed by atoms with Gasteiger partial charge in [-0.1, -0.05) is 11.6 Å². The van der Waals surface area contributed by atoms with Gasteiger partial charge in [-0.25, -0.2) is 9.78 Å². The second-order valence-electron chi connectivity index (χ2n) is 6.18. The standard InChI is InChI=1S/C15H20ClN3O3/c1-10-13(20)19(11-5-6-12(16)17-9-11)8-7-18(10)14(21)22-15(2,3)4/h5-6,9-10H,7-8H2,1-4H3. The predicted molar refractivity (Wildman–Crippen MR) is 84.0 cm³/mol. The van der Waals surface area contributed by atoms with Crippen LogP contribution in [-0.4, -0.2) is 46.6 Å². The number of halogens is 1. The monoisotopic (exact) mass is 325 g/mol. The van der Waals surface area contributed by atoms with Crippen molar-refractivity contribution in [3.8, 4) is 0 Å². The summed E-state index contributed by atoms with van der Waals surface area (Å²) in [5.41, 5.74) is 0.0852. The highest BCUT2D eigenvalue weighted by atomic mass is 35.5. The van der Waals surface area contributed by atoms with Crippen molar-refractivity contribution in [3.63, 3.8) is 0 Å². The van der Waals surface area contributed by atoms with Crippen molar-refractivity contribution in [2.45, 2.75) is 39.3 Å². The molecule has 2 amide bonds. The van der Waals surface area contributed by atoms with E-state index >= 15 is 0 Å². The number of rotatable bonds is 1. The molecule has 120 valence electrons. The fourth-order valence-electron chi connectivity index (χ4n) is 2.22. The number of carbonyl (C=O) groups excluding carboxylic acids is 2. The topological polar surface area (TPSA) is 62.7 Å². The van der Waals surface area contributed by atoms with Crippen LogP contribution in [-0.2, 0) is 9.53 Å². The fourth-order valence-corrected chi connectivity index (χ4v) is 2.34. The summed E-state index contributed by atoms with van der Waals surface area (Å²) in [7, 11) is 0. The molecule has 0 aliphatic carbocycles. The van der Waals surface area contributed by atoms with Crippen LogP contribution in [0.15, 0.2) is 18.3 Å². The van der Waals surface area contributed by atoms with E-state index in [2.05, 4.69) is 4.98 Å². The van der Waals surface area contributed by atoms with Gasteiger partial charge in [-0.2, -0.15) is 0 Å². The van der Waals surface area contributed by atoms with Crippen LogP contribution in [0.4, 0.5) is 10.5 Å². The molecule has 0 spiro atoms. The molecule has 1 aliphatic heterocycles. The lowest BCUT2D eigenvalue weighted by atomic mass is 10.1. The summed E-state index contributed by atoms with van der Waals surface area (Å²) < 4.78 is 5.34. The van der Waals surface area contributed by atoms with E-state index in [1.54, 1.807) is 50.9 Å². The molecule has 0 N–H and O–H groups in total. The number of pyridine rings is 1. The summed E-state index contributed by atoms with van der Waals surface area (Å²) in [4.78, 5) is 31.7. The molecule has 1 saturated heterocycles. The lowest BCUT2D eigenvalue weighted by Crippen LogP contribution is -2.58. The smallest absolute Gasteiger partial charge is 0.411 e. The normalized spacial score (nSPS) is 19.3. The Morgan fingerprint density at radius 3 is 2.59 bits per heavy atom. The number of ether oxygens (including phenoxy) is 1. The number of piperazine rings is 1. The Labute approximate surface area is 135 Å². The van der Waals surface area contributed by atoms with Crippen LogP contribution in [0.3, 0.4) is 0 Å². The van der Waals surface area contributed by atoms with Crippen LogP contribution in [0.2, 0.25) is 5.15 Å². The molecule has 1 unspecified atom stereocenters. The van der Waals surface area contributed by atoms with Crippen molar-refractivity contribution in [1.82, 2.24) is 9.88 Å². The molecule has 2 heterocycles. The number of carbonyl (C=O) groups is 2. The zero-order valence-corrected chi connectivity index (χ0v) is 13.9. The molecule has 1 atom stereocenters. The minimum atomic E-state index is -0.586. The summed E-state index contributed by atoms with van der Waals surface area (Å²) in [5, 5.41) is 0.372. The van der Waals surface area contributed by atoms with Crippen LogP contribution in [0.1, 0.15) is 27.7 Å². The summed E-state index contributed by atoms with van der Waals surface area (Å²) >= 11 is 5.76. The largest absolute Gasteiger partial charge is 0.444 e. The van der Waals surface area contributed by atoms with E-state index in [1.165, 1.54) is 4.90 Å². The highest BCUT2D eigenvalue weighted by Gasteiger charge is 2.37. The predicted octanol–water partition coefficient (Wildman–Crippen LogP) is 2.71. The maximum atomic E-state index is 12.5. The third kappa shape index (κ3) is 3.68. The van der Waals surface area contributed by atoms with Crippen LogP contribution in [0, 0.1) is 0 Å². The van der Waals surface area contributed by atoms with Crippen LogP contribution in [0.25, 0.3) is 0 Å². The highest BCUT2D eigenvalue weighted by molar-refractivity contribution is 6.29. The van der Waals surface area contributed by atoms with Crippen molar-refractivity contribution < 1.29 is 14.3 Å². The Bertz CT molecular complexity index is 568. The molecule has 2 rings (SSSR count). The Balaban J connectivity index is 2.11. The number of hydrogen-bond donors (Lipinski definition) is 0. The van der Waals surface area contributed by atoms with Gasteiger partial charge in [0.05, 0.1) is 11.9 Å². The first kappa shape index (κ1) is 16.5. The lowest BCUT2D eigenvalue weighted by Gasteiger charge is -2.39. The molecule has 1 aromatic rings. The van der Waals surface area contributed by atoms with Gasteiger partial charge in [-0.3, -0.25) is 9.69 Å². The van der Waals surface area contributed by atoms with Crippen LogP contribution >= 0.6 is 11.6 Å². The molecule has 0 saturated carbocycles.